The van der Waals surface area contributed by atoms with Gasteiger partial charge in [0.05, 0.1) is 5.69 Å². The van der Waals surface area contributed by atoms with Crippen LogP contribution >= 0.6 is 24.0 Å². The highest BCUT2D eigenvalue weighted by atomic mass is 127. The molecule has 132 valence electrons. The maximum Gasteiger partial charge on any atom is 0.573 e. The Kier molecular flexibility index (Phi) is 7.32. The number of hydrogen-bond donors (Lipinski definition) is 2. The van der Waals surface area contributed by atoms with Crippen molar-refractivity contribution >= 4 is 35.6 Å². The first kappa shape index (κ1) is 20.1. The lowest BCUT2D eigenvalue weighted by Gasteiger charge is -2.14. The number of benzene rings is 1. The van der Waals surface area contributed by atoms with Crippen LogP contribution < -0.4 is 15.8 Å². The Morgan fingerprint density at radius 1 is 1.33 bits per heavy atom. The zero-order chi connectivity index (χ0) is 16.9. The van der Waals surface area contributed by atoms with Gasteiger partial charge in [0.2, 0.25) is 0 Å². The van der Waals surface area contributed by atoms with Crippen LogP contribution in [0, 0.1) is 0 Å². The molecule has 0 unspecified atom stereocenters. The normalized spacial score (nSPS) is 11.8. The fourth-order valence-electron chi connectivity index (χ4n) is 1.90. The summed E-state index contributed by atoms with van der Waals surface area (Å²) in [6.07, 6.45) is -2.49. The van der Waals surface area contributed by atoms with Crippen molar-refractivity contribution in [3.63, 3.8) is 0 Å². The van der Waals surface area contributed by atoms with Crippen molar-refractivity contribution in [3.8, 4) is 5.75 Å². The molecule has 1 aromatic heterocycles. The SMILES string of the molecule is Cn1nccc1CCN=C(N)Nc1ccccc1OC(F)(F)F.I. The number of ether oxygens (including phenoxy) is 1. The number of hydrogen-bond acceptors (Lipinski definition) is 3. The molecule has 0 fully saturated rings. The monoisotopic (exact) mass is 455 g/mol. The third-order valence-electron chi connectivity index (χ3n) is 2.95. The van der Waals surface area contributed by atoms with Gasteiger partial charge < -0.3 is 15.8 Å². The molecule has 2 rings (SSSR count). The van der Waals surface area contributed by atoms with E-state index in [1.165, 1.54) is 18.2 Å². The van der Waals surface area contributed by atoms with E-state index in [9.17, 15) is 13.2 Å². The van der Waals surface area contributed by atoms with Crippen LogP contribution in [0.1, 0.15) is 5.69 Å². The summed E-state index contributed by atoms with van der Waals surface area (Å²) in [5.41, 5.74) is 6.76. The van der Waals surface area contributed by atoms with E-state index in [0.29, 0.717) is 13.0 Å². The molecule has 0 bridgehead atoms. The molecule has 6 nitrogen and oxygen atoms in total. The topological polar surface area (TPSA) is 77.5 Å². The largest absolute Gasteiger partial charge is 0.573 e. The molecule has 0 saturated heterocycles. The molecular formula is C14H17F3IN5O. The number of aliphatic imine (C=N–C) groups is 1. The summed E-state index contributed by atoms with van der Waals surface area (Å²) in [4.78, 5) is 4.08. The molecule has 24 heavy (non-hydrogen) atoms. The number of aryl methyl sites for hydroxylation is 1. The van der Waals surface area contributed by atoms with Crippen LogP contribution in [-0.4, -0.2) is 28.6 Å². The Bertz CT molecular complexity index is 687. The lowest BCUT2D eigenvalue weighted by atomic mass is 10.3. The minimum absolute atomic E-state index is 0. The van der Waals surface area contributed by atoms with Gasteiger partial charge in [-0.05, 0) is 18.2 Å². The highest BCUT2D eigenvalue weighted by Crippen LogP contribution is 2.29. The highest BCUT2D eigenvalue weighted by Gasteiger charge is 2.32. The van der Waals surface area contributed by atoms with Crippen LogP contribution in [0.2, 0.25) is 0 Å². The molecule has 2 aromatic rings. The minimum atomic E-state index is -4.77. The van der Waals surface area contributed by atoms with Gasteiger partial charge in [0, 0.05) is 31.9 Å². The van der Waals surface area contributed by atoms with Crippen LogP contribution in [0.5, 0.6) is 5.75 Å². The summed E-state index contributed by atoms with van der Waals surface area (Å²) in [6.45, 7) is 0.376. The quantitative estimate of drug-likeness (QED) is 0.413. The second-order valence-electron chi connectivity index (χ2n) is 4.63. The van der Waals surface area contributed by atoms with E-state index < -0.39 is 6.36 Å². The second kappa shape index (κ2) is 8.76. The van der Waals surface area contributed by atoms with Gasteiger partial charge in [-0.2, -0.15) is 5.10 Å². The molecule has 0 saturated carbocycles. The molecule has 0 radical (unpaired) electrons. The van der Waals surface area contributed by atoms with Crippen molar-refractivity contribution in [1.82, 2.24) is 9.78 Å². The van der Waals surface area contributed by atoms with Crippen molar-refractivity contribution < 1.29 is 17.9 Å². The van der Waals surface area contributed by atoms with E-state index in [1.54, 1.807) is 16.9 Å². The first-order valence-corrected chi connectivity index (χ1v) is 6.74. The third-order valence-corrected chi connectivity index (χ3v) is 2.95. The Labute approximate surface area is 153 Å². The molecule has 3 N–H and O–H groups in total. The van der Waals surface area contributed by atoms with E-state index in [2.05, 4.69) is 20.1 Å². The van der Waals surface area contributed by atoms with Gasteiger partial charge in [-0.3, -0.25) is 9.67 Å². The summed E-state index contributed by atoms with van der Waals surface area (Å²) in [6, 6.07) is 7.46. The first-order valence-electron chi connectivity index (χ1n) is 6.74. The maximum atomic E-state index is 12.3. The molecule has 0 aliphatic heterocycles. The molecule has 0 atom stereocenters. The number of halogens is 4. The van der Waals surface area contributed by atoms with Gasteiger partial charge in [-0.15, -0.1) is 37.1 Å². The molecular weight excluding hydrogens is 438 g/mol. The Morgan fingerprint density at radius 2 is 2.04 bits per heavy atom. The molecule has 0 spiro atoms. The number of para-hydroxylation sites is 2. The van der Waals surface area contributed by atoms with Crippen molar-refractivity contribution in [2.75, 3.05) is 11.9 Å². The molecule has 1 aromatic carbocycles. The molecule has 0 amide bonds. The number of anilines is 1. The molecule has 10 heteroatoms. The van der Waals surface area contributed by atoms with E-state index in [4.69, 9.17) is 5.73 Å². The van der Waals surface area contributed by atoms with E-state index >= 15 is 0 Å². The molecule has 0 aliphatic rings. The lowest BCUT2D eigenvalue weighted by Crippen LogP contribution is -2.25. The summed E-state index contributed by atoms with van der Waals surface area (Å²) in [5, 5.41) is 6.63. The summed E-state index contributed by atoms with van der Waals surface area (Å²) >= 11 is 0. The van der Waals surface area contributed by atoms with Gasteiger partial charge in [0.25, 0.3) is 0 Å². The number of nitrogens with zero attached hydrogens (tertiary/aromatic N) is 3. The summed E-state index contributed by atoms with van der Waals surface area (Å²) < 4.78 is 42.7. The van der Waals surface area contributed by atoms with Crippen LogP contribution in [0.4, 0.5) is 18.9 Å². The Morgan fingerprint density at radius 3 is 2.67 bits per heavy atom. The van der Waals surface area contributed by atoms with E-state index in [1.807, 2.05) is 13.1 Å². The van der Waals surface area contributed by atoms with Crippen molar-refractivity contribution in [2.24, 2.45) is 17.8 Å². The van der Waals surface area contributed by atoms with Crippen molar-refractivity contribution in [3.05, 3.63) is 42.2 Å². The average Bonchev–Trinajstić information content (AvgIpc) is 2.85. The van der Waals surface area contributed by atoms with Crippen molar-refractivity contribution in [1.29, 1.82) is 0 Å². The second-order valence-corrected chi connectivity index (χ2v) is 4.63. The Balaban J connectivity index is 0.00000288. The Hall–Kier alpha value is -1.98. The van der Waals surface area contributed by atoms with Crippen LogP contribution in [0.25, 0.3) is 0 Å². The van der Waals surface area contributed by atoms with Crippen molar-refractivity contribution in [2.45, 2.75) is 12.8 Å². The number of aromatic nitrogens is 2. The zero-order valence-electron chi connectivity index (χ0n) is 12.7. The highest BCUT2D eigenvalue weighted by molar-refractivity contribution is 14.0. The van der Waals surface area contributed by atoms with E-state index in [-0.39, 0.29) is 41.4 Å². The van der Waals surface area contributed by atoms with Gasteiger partial charge in [-0.1, -0.05) is 12.1 Å². The molecule has 1 heterocycles. The van der Waals surface area contributed by atoms with Gasteiger partial charge >= 0.3 is 6.36 Å². The predicted octanol–water partition coefficient (Wildman–Crippen LogP) is 2.91. The number of nitrogens with one attached hydrogen (secondary N) is 1. The van der Waals surface area contributed by atoms with Crippen LogP contribution in [0.3, 0.4) is 0 Å². The predicted molar refractivity (Wildman–Crippen MR) is 95.6 cm³/mol. The maximum absolute atomic E-state index is 12.3. The number of alkyl halides is 3. The average molecular weight is 455 g/mol. The minimum Gasteiger partial charge on any atom is -0.404 e. The zero-order valence-corrected chi connectivity index (χ0v) is 15.1. The van der Waals surface area contributed by atoms with Crippen LogP contribution in [-0.2, 0) is 13.5 Å². The van der Waals surface area contributed by atoms with Crippen LogP contribution in [0.15, 0.2) is 41.5 Å². The van der Waals surface area contributed by atoms with E-state index in [0.717, 1.165) is 5.69 Å². The first-order chi connectivity index (χ1) is 10.8. The fraction of sp³-hybridized carbons (Fsp3) is 0.286. The van der Waals surface area contributed by atoms with Gasteiger partial charge in [0.15, 0.2) is 11.7 Å². The number of nitrogens with two attached hydrogens (primary N) is 1. The fourth-order valence-corrected chi connectivity index (χ4v) is 1.90. The molecule has 0 aliphatic carbocycles. The summed E-state index contributed by atoms with van der Waals surface area (Å²) in [5.74, 6) is -0.366. The third kappa shape index (κ3) is 6.26. The van der Waals surface area contributed by atoms with Gasteiger partial charge in [-0.25, -0.2) is 0 Å². The lowest BCUT2D eigenvalue weighted by molar-refractivity contribution is -0.274. The van der Waals surface area contributed by atoms with Gasteiger partial charge in [0.1, 0.15) is 0 Å². The smallest absolute Gasteiger partial charge is 0.404 e. The standard InChI is InChI=1S/C14H16F3N5O.HI/c1-22-10(7-9-20-22)6-8-19-13(18)21-11-4-2-3-5-12(11)23-14(15,16)17;/h2-5,7,9H,6,8H2,1H3,(H3,18,19,21);1H. The number of rotatable bonds is 5. The summed E-state index contributed by atoms with van der Waals surface area (Å²) in [7, 11) is 1.81. The number of guanidine groups is 1.